The monoisotopic (exact) mass is 244 g/mol. The molecular weight excluding hydrogens is 224 g/mol. The van der Waals surface area contributed by atoms with Crippen LogP contribution in [0.4, 0.5) is 0 Å². The summed E-state index contributed by atoms with van der Waals surface area (Å²) in [5.74, 6) is -0.281. The SMILES string of the molecule is CC(C#N)C1(O)CCN(Cc2ccccc2)CC1. The first-order valence-corrected chi connectivity index (χ1v) is 6.52. The highest BCUT2D eigenvalue weighted by molar-refractivity contribution is 5.14. The topological polar surface area (TPSA) is 47.3 Å². The molecule has 1 fully saturated rings. The second kappa shape index (κ2) is 5.51. The van der Waals surface area contributed by atoms with Crippen LogP contribution in [0.15, 0.2) is 30.3 Å². The third kappa shape index (κ3) is 2.90. The Balaban J connectivity index is 1.90. The lowest BCUT2D eigenvalue weighted by Gasteiger charge is -2.39. The molecule has 1 aromatic rings. The van der Waals surface area contributed by atoms with E-state index < -0.39 is 5.60 Å². The normalized spacial score (nSPS) is 21.2. The van der Waals surface area contributed by atoms with E-state index in [-0.39, 0.29) is 5.92 Å². The van der Waals surface area contributed by atoms with Crippen LogP contribution < -0.4 is 0 Å². The molecule has 0 aliphatic carbocycles. The lowest BCUT2D eigenvalue weighted by Crippen LogP contribution is -2.47. The highest BCUT2D eigenvalue weighted by atomic mass is 16.3. The largest absolute Gasteiger partial charge is 0.388 e. The first-order valence-electron chi connectivity index (χ1n) is 6.52. The number of nitrogens with zero attached hydrogens (tertiary/aromatic N) is 2. The van der Waals surface area contributed by atoms with Crippen LogP contribution in [0.1, 0.15) is 25.3 Å². The van der Waals surface area contributed by atoms with Crippen LogP contribution >= 0.6 is 0 Å². The van der Waals surface area contributed by atoms with Crippen molar-refractivity contribution in [2.45, 2.75) is 31.9 Å². The molecule has 1 saturated heterocycles. The van der Waals surface area contributed by atoms with E-state index in [2.05, 4.69) is 23.1 Å². The number of likely N-dealkylation sites (tertiary alicyclic amines) is 1. The van der Waals surface area contributed by atoms with Gasteiger partial charge in [0, 0.05) is 19.6 Å². The van der Waals surface area contributed by atoms with Crippen molar-refractivity contribution in [3.63, 3.8) is 0 Å². The predicted octanol–water partition coefficient (Wildman–Crippen LogP) is 2.17. The van der Waals surface area contributed by atoms with E-state index in [9.17, 15) is 5.11 Å². The lowest BCUT2D eigenvalue weighted by atomic mass is 9.81. The Bertz CT molecular complexity index is 416. The molecule has 0 saturated carbocycles. The predicted molar refractivity (Wildman–Crippen MR) is 70.7 cm³/mol. The summed E-state index contributed by atoms with van der Waals surface area (Å²) in [4.78, 5) is 2.34. The Morgan fingerprint density at radius 3 is 2.50 bits per heavy atom. The summed E-state index contributed by atoms with van der Waals surface area (Å²) in [6, 6.07) is 12.5. The molecule has 18 heavy (non-hydrogen) atoms. The summed E-state index contributed by atoms with van der Waals surface area (Å²) < 4.78 is 0. The maximum atomic E-state index is 10.4. The minimum absolute atomic E-state index is 0.281. The molecule has 1 aromatic carbocycles. The second-order valence-electron chi connectivity index (χ2n) is 5.22. The number of rotatable bonds is 3. The fraction of sp³-hybridized carbons (Fsp3) is 0.533. The molecule has 0 amide bonds. The van der Waals surface area contributed by atoms with Gasteiger partial charge >= 0.3 is 0 Å². The number of hydrogen-bond acceptors (Lipinski definition) is 3. The van der Waals surface area contributed by atoms with Crippen molar-refractivity contribution in [3.05, 3.63) is 35.9 Å². The van der Waals surface area contributed by atoms with E-state index in [1.54, 1.807) is 0 Å². The molecule has 0 radical (unpaired) electrons. The van der Waals surface area contributed by atoms with Crippen molar-refractivity contribution in [2.75, 3.05) is 13.1 Å². The molecule has 1 heterocycles. The third-order valence-corrected chi connectivity index (χ3v) is 3.97. The molecule has 96 valence electrons. The Kier molecular flexibility index (Phi) is 4.00. The van der Waals surface area contributed by atoms with Gasteiger partial charge in [0.2, 0.25) is 0 Å². The molecule has 1 unspecified atom stereocenters. The molecular formula is C15H20N2O. The average Bonchev–Trinajstić information content (AvgIpc) is 2.42. The minimum atomic E-state index is -0.790. The highest BCUT2D eigenvalue weighted by Crippen LogP contribution is 2.29. The van der Waals surface area contributed by atoms with Crippen LogP contribution in [0.2, 0.25) is 0 Å². The fourth-order valence-electron chi connectivity index (χ4n) is 2.49. The van der Waals surface area contributed by atoms with Crippen LogP contribution in [-0.4, -0.2) is 28.7 Å². The van der Waals surface area contributed by atoms with Crippen molar-refractivity contribution in [2.24, 2.45) is 5.92 Å². The zero-order valence-corrected chi connectivity index (χ0v) is 10.8. The van der Waals surface area contributed by atoms with Gasteiger partial charge in [-0.15, -0.1) is 0 Å². The van der Waals surface area contributed by atoms with Crippen molar-refractivity contribution < 1.29 is 5.11 Å². The lowest BCUT2D eigenvalue weighted by molar-refractivity contribution is -0.0475. The maximum absolute atomic E-state index is 10.4. The summed E-state index contributed by atoms with van der Waals surface area (Å²) in [6.07, 6.45) is 1.38. The van der Waals surface area contributed by atoms with Gasteiger partial charge in [-0.25, -0.2) is 0 Å². The van der Waals surface area contributed by atoms with Crippen molar-refractivity contribution in [1.29, 1.82) is 5.26 Å². The van der Waals surface area contributed by atoms with Gasteiger partial charge < -0.3 is 5.11 Å². The van der Waals surface area contributed by atoms with E-state index in [0.29, 0.717) is 12.8 Å². The number of aliphatic hydroxyl groups is 1. The Hall–Kier alpha value is -1.37. The van der Waals surface area contributed by atoms with E-state index >= 15 is 0 Å². The second-order valence-corrected chi connectivity index (χ2v) is 5.22. The zero-order valence-electron chi connectivity index (χ0n) is 10.8. The van der Waals surface area contributed by atoms with Crippen LogP contribution in [0.3, 0.4) is 0 Å². The minimum Gasteiger partial charge on any atom is -0.388 e. The Morgan fingerprint density at radius 1 is 1.33 bits per heavy atom. The van der Waals surface area contributed by atoms with Gasteiger partial charge in [-0.05, 0) is 25.3 Å². The summed E-state index contributed by atoms with van der Waals surface area (Å²) in [6.45, 7) is 4.46. The van der Waals surface area contributed by atoms with E-state index in [1.807, 2.05) is 25.1 Å². The third-order valence-electron chi connectivity index (χ3n) is 3.97. The average molecular weight is 244 g/mol. The molecule has 2 rings (SSSR count). The van der Waals surface area contributed by atoms with Crippen molar-refractivity contribution in [1.82, 2.24) is 4.90 Å². The van der Waals surface area contributed by atoms with E-state index in [0.717, 1.165) is 19.6 Å². The molecule has 3 nitrogen and oxygen atoms in total. The van der Waals surface area contributed by atoms with Gasteiger partial charge in [0.15, 0.2) is 0 Å². The summed E-state index contributed by atoms with van der Waals surface area (Å²) in [7, 11) is 0. The first-order chi connectivity index (χ1) is 8.64. The molecule has 1 aliphatic heterocycles. The van der Waals surface area contributed by atoms with Crippen LogP contribution in [0.5, 0.6) is 0 Å². The van der Waals surface area contributed by atoms with Crippen molar-refractivity contribution in [3.8, 4) is 6.07 Å². The summed E-state index contributed by atoms with van der Waals surface area (Å²) >= 11 is 0. The molecule has 0 spiro atoms. The number of hydrogen-bond donors (Lipinski definition) is 1. The summed E-state index contributed by atoms with van der Waals surface area (Å²) in [5.41, 5.74) is 0.512. The van der Waals surface area contributed by atoms with Crippen molar-refractivity contribution >= 4 is 0 Å². The molecule has 1 aliphatic rings. The molecule has 1 atom stereocenters. The van der Waals surface area contributed by atoms with Gasteiger partial charge in [-0.1, -0.05) is 30.3 Å². The smallest absolute Gasteiger partial charge is 0.0826 e. The van der Waals surface area contributed by atoms with Gasteiger partial charge in [0.05, 0.1) is 17.6 Å². The zero-order chi connectivity index (χ0) is 13.0. The Labute approximate surface area is 109 Å². The molecule has 3 heteroatoms. The molecule has 1 N–H and O–H groups in total. The van der Waals surface area contributed by atoms with Gasteiger partial charge in [0.25, 0.3) is 0 Å². The van der Waals surface area contributed by atoms with Gasteiger partial charge in [-0.2, -0.15) is 5.26 Å². The van der Waals surface area contributed by atoms with Crippen LogP contribution in [0.25, 0.3) is 0 Å². The van der Waals surface area contributed by atoms with Crippen LogP contribution in [-0.2, 0) is 6.54 Å². The fourth-order valence-corrected chi connectivity index (χ4v) is 2.49. The summed E-state index contributed by atoms with van der Waals surface area (Å²) in [5, 5.41) is 19.3. The molecule has 0 aromatic heterocycles. The quantitative estimate of drug-likeness (QED) is 0.886. The molecule has 0 bridgehead atoms. The standard InChI is InChI=1S/C15H20N2O/c1-13(11-16)15(18)7-9-17(10-8-15)12-14-5-3-2-4-6-14/h2-6,13,18H,7-10,12H2,1H3. The number of benzene rings is 1. The van der Waals surface area contributed by atoms with E-state index in [1.165, 1.54) is 5.56 Å². The van der Waals surface area contributed by atoms with Gasteiger partial charge in [0.1, 0.15) is 0 Å². The highest BCUT2D eigenvalue weighted by Gasteiger charge is 2.37. The number of nitriles is 1. The van der Waals surface area contributed by atoms with Crippen LogP contribution in [0, 0.1) is 17.2 Å². The van der Waals surface area contributed by atoms with E-state index in [4.69, 9.17) is 5.26 Å². The number of piperidine rings is 1. The maximum Gasteiger partial charge on any atom is 0.0826 e. The van der Waals surface area contributed by atoms with Gasteiger partial charge in [-0.3, -0.25) is 4.90 Å². The Morgan fingerprint density at radius 2 is 1.94 bits per heavy atom. The first kappa shape index (κ1) is 13.1.